The molecule has 0 saturated carbocycles. The molecule has 19 heavy (non-hydrogen) atoms. The molecule has 1 fully saturated rings. The molecule has 1 aromatic rings. The predicted octanol–water partition coefficient (Wildman–Crippen LogP) is 2.23. The summed E-state index contributed by atoms with van der Waals surface area (Å²) in [5, 5.41) is 20.6. The molecule has 0 aliphatic carbocycles. The van der Waals surface area contributed by atoms with Crippen molar-refractivity contribution in [3.05, 3.63) is 33.9 Å². The summed E-state index contributed by atoms with van der Waals surface area (Å²) in [5.74, 6) is -0.295. The van der Waals surface area contributed by atoms with Gasteiger partial charge in [0, 0.05) is 30.2 Å². The summed E-state index contributed by atoms with van der Waals surface area (Å²) in [7, 11) is 0. The van der Waals surface area contributed by atoms with Gasteiger partial charge in [0.2, 0.25) is 0 Å². The van der Waals surface area contributed by atoms with Gasteiger partial charge in [0.05, 0.1) is 10.5 Å². The van der Waals surface area contributed by atoms with Crippen LogP contribution < -0.4 is 4.90 Å². The fourth-order valence-corrected chi connectivity index (χ4v) is 3.22. The van der Waals surface area contributed by atoms with Crippen molar-refractivity contribution in [2.45, 2.75) is 12.2 Å². The highest BCUT2D eigenvalue weighted by atomic mass is 32.2. The van der Waals surface area contributed by atoms with Crippen LogP contribution in [0.15, 0.2) is 18.2 Å². The van der Waals surface area contributed by atoms with Crippen molar-refractivity contribution in [3.63, 3.8) is 0 Å². The summed E-state index contributed by atoms with van der Waals surface area (Å²) in [6, 6.07) is 4.18. The normalized spacial score (nSPS) is 19.2. The number of carboxylic acid groups (broad SMARTS) is 1. The summed E-state index contributed by atoms with van der Waals surface area (Å²) >= 11 is 1.79. The fraction of sp³-hybridized carbons (Fsp3) is 0.417. The van der Waals surface area contributed by atoms with Gasteiger partial charge >= 0.3 is 5.97 Å². The van der Waals surface area contributed by atoms with Crippen LogP contribution in [-0.4, -0.2) is 40.1 Å². The van der Waals surface area contributed by atoms with Crippen LogP contribution in [0.3, 0.4) is 0 Å². The Bertz CT molecular complexity index is 488. The molecule has 0 radical (unpaired) electrons. The summed E-state index contributed by atoms with van der Waals surface area (Å²) < 4.78 is 0. The molecule has 0 aromatic heterocycles. The van der Waals surface area contributed by atoms with E-state index in [0.29, 0.717) is 18.3 Å². The van der Waals surface area contributed by atoms with Crippen LogP contribution in [0, 0.1) is 10.1 Å². The van der Waals surface area contributed by atoms with Crippen molar-refractivity contribution < 1.29 is 14.8 Å². The molecule has 102 valence electrons. The molecule has 6 nitrogen and oxygen atoms in total. The van der Waals surface area contributed by atoms with E-state index in [1.807, 2.05) is 11.8 Å². The van der Waals surface area contributed by atoms with E-state index in [9.17, 15) is 20.0 Å². The highest BCUT2D eigenvalue weighted by Gasteiger charge is 2.28. The number of hydrogen-bond acceptors (Lipinski definition) is 5. The van der Waals surface area contributed by atoms with Gasteiger partial charge in [-0.25, -0.2) is 4.79 Å². The lowest BCUT2D eigenvalue weighted by molar-refractivity contribution is -0.384. The van der Waals surface area contributed by atoms with Crippen molar-refractivity contribution in [1.82, 2.24) is 0 Å². The van der Waals surface area contributed by atoms with E-state index < -0.39 is 10.9 Å². The average Bonchev–Trinajstić information content (AvgIpc) is 2.37. The van der Waals surface area contributed by atoms with Crippen molar-refractivity contribution in [2.24, 2.45) is 0 Å². The number of nitro groups is 1. The van der Waals surface area contributed by atoms with Crippen LogP contribution >= 0.6 is 11.8 Å². The maximum Gasteiger partial charge on any atom is 0.338 e. The third kappa shape index (κ3) is 2.81. The first-order valence-corrected chi connectivity index (χ1v) is 6.93. The standard InChI is InChI=1S/C12H14N2O4S/c1-8-7-13(5-6-19-8)11-9(12(15)16)3-2-4-10(11)14(17)18/h2-4,8H,5-7H2,1H3,(H,15,16). The number of nitro benzene ring substituents is 1. The first-order valence-electron chi connectivity index (χ1n) is 5.88. The van der Waals surface area contributed by atoms with Crippen LogP contribution in [0.1, 0.15) is 17.3 Å². The zero-order valence-electron chi connectivity index (χ0n) is 10.4. The first-order chi connectivity index (χ1) is 9.00. The molecule has 1 aliphatic heterocycles. The fourth-order valence-electron chi connectivity index (χ4n) is 2.21. The first kappa shape index (κ1) is 13.7. The quantitative estimate of drug-likeness (QED) is 0.676. The van der Waals surface area contributed by atoms with Gasteiger partial charge < -0.3 is 10.0 Å². The Kier molecular flexibility index (Phi) is 3.94. The summed E-state index contributed by atoms with van der Waals surface area (Å²) in [6.07, 6.45) is 0. The Balaban J connectivity index is 2.51. The number of anilines is 1. The van der Waals surface area contributed by atoms with Gasteiger partial charge in [-0.2, -0.15) is 11.8 Å². The van der Waals surface area contributed by atoms with E-state index in [2.05, 4.69) is 0 Å². The number of benzene rings is 1. The Morgan fingerprint density at radius 1 is 1.58 bits per heavy atom. The second-order valence-corrected chi connectivity index (χ2v) is 5.91. The Morgan fingerprint density at radius 3 is 2.89 bits per heavy atom. The zero-order chi connectivity index (χ0) is 14.0. The zero-order valence-corrected chi connectivity index (χ0v) is 11.2. The second-order valence-electron chi connectivity index (χ2n) is 4.36. The van der Waals surface area contributed by atoms with Gasteiger partial charge in [0.15, 0.2) is 0 Å². The van der Waals surface area contributed by atoms with Crippen LogP contribution in [0.25, 0.3) is 0 Å². The van der Waals surface area contributed by atoms with Crippen molar-refractivity contribution in [3.8, 4) is 0 Å². The molecule has 1 atom stereocenters. The highest BCUT2D eigenvalue weighted by Crippen LogP contribution is 2.34. The van der Waals surface area contributed by atoms with Gasteiger partial charge in [-0.15, -0.1) is 0 Å². The molecule has 1 saturated heterocycles. The number of rotatable bonds is 3. The molecule has 0 amide bonds. The molecule has 7 heteroatoms. The minimum Gasteiger partial charge on any atom is -0.478 e. The molecule has 1 aliphatic rings. The van der Waals surface area contributed by atoms with Crippen molar-refractivity contribution in [2.75, 3.05) is 23.7 Å². The van der Waals surface area contributed by atoms with E-state index in [-0.39, 0.29) is 16.9 Å². The van der Waals surface area contributed by atoms with Gasteiger partial charge in [-0.05, 0) is 6.07 Å². The van der Waals surface area contributed by atoms with Crippen LogP contribution in [0.2, 0.25) is 0 Å². The number of para-hydroxylation sites is 1. The highest BCUT2D eigenvalue weighted by molar-refractivity contribution is 8.00. The van der Waals surface area contributed by atoms with Crippen LogP contribution in [0.5, 0.6) is 0 Å². The number of thioether (sulfide) groups is 1. The van der Waals surface area contributed by atoms with Crippen LogP contribution in [0.4, 0.5) is 11.4 Å². The van der Waals surface area contributed by atoms with Gasteiger partial charge in [0.1, 0.15) is 5.69 Å². The lowest BCUT2D eigenvalue weighted by atomic mass is 10.1. The maximum absolute atomic E-state index is 11.3. The minimum atomic E-state index is -1.13. The summed E-state index contributed by atoms with van der Waals surface area (Å²) in [4.78, 5) is 23.7. The monoisotopic (exact) mass is 282 g/mol. The minimum absolute atomic E-state index is 0.00620. The lowest BCUT2D eigenvalue weighted by Gasteiger charge is -2.32. The van der Waals surface area contributed by atoms with E-state index in [0.717, 1.165) is 5.75 Å². The number of aromatic carboxylic acids is 1. The van der Waals surface area contributed by atoms with E-state index in [4.69, 9.17) is 0 Å². The average molecular weight is 282 g/mol. The molecule has 1 aromatic carbocycles. The molecule has 0 spiro atoms. The van der Waals surface area contributed by atoms with Crippen molar-refractivity contribution >= 4 is 29.1 Å². The molecule has 1 unspecified atom stereocenters. The van der Waals surface area contributed by atoms with E-state index in [1.54, 1.807) is 11.8 Å². The summed E-state index contributed by atoms with van der Waals surface area (Å²) in [5.41, 5.74) is 0.0828. The Labute approximate surface area is 114 Å². The van der Waals surface area contributed by atoms with Gasteiger partial charge in [0.25, 0.3) is 5.69 Å². The number of hydrogen-bond donors (Lipinski definition) is 1. The Hall–Kier alpha value is -1.76. The van der Waals surface area contributed by atoms with Crippen LogP contribution in [-0.2, 0) is 0 Å². The number of nitrogens with zero attached hydrogens (tertiary/aromatic N) is 2. The number of carbonyl (C=O) groups is 1. The van der Waals surface area contributed by atoms with Crippen molar-refractivity contribution in [1.29, 1.82) is 0 Å². The van der Waals surface area contributed by atoms with E-state index in [1.165, 1.54) is 18.2 Å². The topological polar surface area (TPSA) is 83.7 Å². The van der Waals surface area contributed by atoms with Gasteiger partial charge in [-0.1, -0.05) is 13.0 Å². The maximum atomic E-state index is 11.3. The molecule has 1 N–H and O–H groups in total. The molecule has 0 bridgehead atoms. The molecular formula is C12H14N2O4S. The smallest absolute Gasteiger partial charge is 0.338 e. The van der Waals surface area contributed by atoms with E-state index >= 15 is 0 Å². The predicted molar refractivity (Wildman–Crippen MR) is 74.2 cm³/mol. The third-order valence-corrected chi connectivity index (χ3v) is 4.14. The summed E-state index contributed by atoms with van der Waals surface area (Å²) in [6.45, 7) is 3.28. The largest absolute Gasteiger partial charge is 0.478 e. The number of carboxylic acids is 1. The lowest BCUT2D eigenvalue weighted by Crippen LogP contribution is -2.37. The third-order valence-electron chi connectivity index (χ3n) is 3.00. The Morgan fingerprint density at radius 2 is 2.32 bits per heavy atom. The molecular weight excluding hydrogens is 268 g/mol. The van der Waals surface area contributed by atoms with Gasteiger partial charge in [-0.3, -0.25) is 10.1 Å². The second kappa shape index (κ2) is 5.48. The molecule has 2 rings (SSSR count). The molecule has 1 heterocycles. The SMILES string of the molecule is CC1CN(c2c(C(=O)O)cccc2[N+](=O)[O-])CCS1.